The number of aryl methyl sites for hydroxylation is 2. The zero-order valence-electron chi connectivity index (χ0n) is 11.9. The molecule has 0 bridgehead atoms. The molecule has 0 saturated heterocycles. The van der Waals surface area contributed by atoms with Gasteiger partial charge in [0.2, 0.25) is 0 Å². The summed E-state index contributed by atoms with van der Waals surface area (Å²) in [4.78, 5) is 16.0. The quantitative estimate of drug-likeness (QED) is 0.612. The van der Waals surface area contributed by atoms with Crippen LogP contribution in [0.3, 0.4) is 0 Å². The molecule has 3 heteroatoms. The van der Waals surface area contributed by atoms with Crippen molar-refractivity contribution in [3.63, 3.8) is 0 Å². The number of benzene rings is 1. The molecule has 1 aromatic carbocycles. The van der Waals surface area contributed by atoms with E-state index in [2.05, 4.69) is 24.9 Å². The summed E-state index contributed by atoms with van der Waals surface area (Å²) >= 11 is 0. The molecule has 0 aromatic heterocycles. The van der Waals surface area contributed by atoms with Crippen molar-refractivity contribution in [1.29, 1.82) is 0 Å². The highest BCUT2D eigenvalue weighted by molar-refractivity contribution is 6.07. The first-order valence-electron chi connectivity index (χ1n) is 6.54. The summed E-state index contributed by atoms with van der Waals surface area (Å²) in [5.41, 5.74) is 3.74. The van der Waals surface area contributed by atoms with Crippen LogP contribution in [0.2, 0.25) is 0 Å². The summed E-state index contributed by atoms with van der Waals surface area (Å²) < 4.78 is 5.16. The smallest absolute Gasteiger partial charge is 0.363 e. The molecule has 0 fully saturated rings. The third-order valence-corrected chi connectivity index (χ3v) is 2.97. The van der Waals surface area contributed by atoms with E-state index in [9.17, 15) is 4.79 Å². The van der Waals surface area contributed by atoms with Crippen molar-refractivity contribution in [1.82, 2.24) is 0 Å². The molecule has 2 rings (SSSR count). The molecule has 0 atom stereocenters. The van der Waals surface area contributed by atoms with Gasteiger partial charge in [-0.05, 0) is 37.0 Å². The van der Waals surface area contributed by atoms with Gasteiger partial charge in [0, 0.05) is 6.42 Å². The van der Waals surface area contributed by atoms with E-state index in [0.29, 0.717) is 23.9 Å². The number of cyclic esters (lactones) is 1. The molecule has 0 aliphatic carbocycles. The summed E-state index contributed by atoms with van der Waals surface area (Å²) in [6.07, 6.45) is 2.49. The molecule has 0 N–H and O–H groups in total. The van der Waals surface area contributed by atoms with Crippen LogP contribution in [0, 0.1) is 19.8 Å². The topological polar surface area (TPSA) is 38.7 Å². The van der Waals surface area contributed by atoms with Crippen LogP contribution < -0.4 is 0 Å². The van der Waals surface area contributed by atoms with Gasteiger partial charge in [-0.3, -0.25) is 0 Å². The number of carbonyl (C=O) groups excluding carboxylic acids is 1. The monoisotopic (exact) mass is 257 g/mol. The van der Waals surface area contributed by atoms with E-state index >= 15 is 0 Å². The normalized spacial score (nSPS) is 17.0. The minimum absolute atomic E-state index is 0.351. The third kappa shape index (κ3) is 3.31. The van der Waals surface area contributed by atoms with Crippen LogP contribution in [0.1, 0.15) is 37.0 Å². The van der Waals surface area contributed by atoms with Gasteiger partial charge in [0.25, 0.3) is 0 Å². The highest BCUT2D eigenvalue weighted by Crippen LogP contribution is 2.20. The number of nitrogens with zero attached hydrogens (tertiary/aromatic N) is 1. The SMILES string of the molecule is Cc1ccc(/C=C2\N=C(CC(C)C)OC2=O)c(C)c1. The third-order valence-electron chi connectivity index (χ3n) is 2.97. The fraction of sp³-hybridized carbons (Fsp3) is 0.375. The Kier molecular flexibility index (Phi) is 3.84. The van der Waals surface area contributed by atoms with E-state index in [4.69, 9.17) is 4.74 Å². The largest absolute Gasteiger partial charge is 0.407 e. The van der Waals surface area contributed by atoms with E-state index in [0.717, 1.165) is 11.1 Å². The molecule has 0 spiro atoms. The predicted molar refractivity (Wildman–Crippen MR) is 76.9 cm³/mol. The van der Waals surface area contributed by atoms with Crippen LogP contribution in [0.15, 0.2) is 28.9 Å². The van der Waals surface area contributed by atoms with Gasteiger partial charge in [0.05, 0.1) is 0 Å². The van der Waals surface area contributed by atoms with Crippen molar-refractivity contribution >= 4 is 17.9 Å². The van der Waals surface area contributed by atoms with Crippen molar-refractivity contribution in [2.75, 3.05) is 0 Å². The standard InChI is InChI=1S/C16H19NO2/c1-10(2)7-15-17-14(16(18)19-15)9-13-6-5-11(3)8-12(13)4/h5-6,8-10H,7H2,1-4H3/b14-9-. The van der Waals surface area contributed by atoms with Crippen molar-refractivity contribution in [2.24, 2.45) is 10.9 Å². The van der Waals surface area contributed by atoms with Gasteiger partial charge in [-0.15, -0.1) is 0 Å². The van der Waals surface area contributed by atoms with Gasteiger partial charge >= 0.3 is 5.97 Å². The number of hydrogen-bond donors (Lipinski definition) is 0. The Balaban J connectivity index is 2.28. The molecule has 1 aromatic rings. The fourth-order valence-electron chi connectivity index (χ4n) is 2.02. The number of esters is 1. The maximum atomic E-state index is 11.7. The Hall–Kier alpha value is -1.90. The van der Waals surface area contributed by atoms with Crippen LogP contribution in [-0.4, -0.2) is 11.9 Å². The average Bonchev–Trinajstić information content (AvgIpc) is 2.62. The second kappa shape index (κ2) is 5.39. The van der Waals surface area contributed by atoms with Gasteiger partial charge in [-0.1, -0.05) is 37.6 Å². The van der Waals surface area contributed by atoms with Gasteiger partial charge in [0.15, 0.2) is 11.6 Å². The number of carbonyl (C=O) groups is 1. The first kappa shape index (κ1) is 13.5. The van der Waals surface area contributed by atoms with Crippen LogP contribution in [0.4, 0.5) is 0 Å². The van der Waals surface area contributed by atoms with Gasteiger partial charge in [-0.25, -0.2) is 9.79 Å². The summed E-state index contributed by atoms with van der Waals surface area (Å²) in [6, 6.07) is 6.12. The fourth-order valence-corrected chi connectivity index (χ4v) is 2.02. The molecule has 0 saturated carbocycles. The molecule has 1 aliphatic rings. The average molecular weight is 257 g/mol. The molecule has 0 unspecified atom stereocenters. The summed E-state index contributed by atoms with van der Waals surface area (Å²) in [5, 5.41) is 0. The zero-order chi connectivity index (χ0) is 14.0. The molecule has 0 amide bonds. The van der Waals surface area contributed by atoms with Crippen molar-refractivity contribution < 1.29 is 9.53 Å². The Morgan fingerprint density at radius 1 is 1.32 bits per heavy atom. The minimum Gasteiger partial charge on any atom is -0.407 e. The van der Waals surface area contributed by atoms with Crippen molar-refractivity contribution in [3.8, 4) is 0 Å². The van der Waals surface area contributed by atoms with Crippen LogP contribution in [0.25, 0.3) is 6.08 Å². The van der Waals surface area contributed by atoms with Crippen LogP contribution in [-0.2, 0) is 9.53 Å². The number of rotatable bonds is 3. The summed E-state index contributed by atoms with van der Waals surface area (Å²) in [6.45, 7) is 8.22. The first-order valence-corrected chi connectivity index (χ1v) is 6.54. The maximum Gasteiger partial charge on any atom is 0.363 e. The zero-order valence-corrected chi connectivity index (χ0v) is 11.9. The molecular weight excluding hydrogens is 238 g/mol. The molecule has 100 valence electrons. The van der Waals surface area contributed by atoms with Crippen LogP contribution in [0.5, 0.6) is 0 Å². The number of ether oxygens (including phenoxy) is 1. The minimum atomic E-state index is -0.351. The lowest BCUT2D eigenvalue weighted by Gasteiger charge is -2.01. The highest BCUT2D eigenvalue weighted by Gasteiger charge is 2.23. The molecule has 1 aliphatic heterocycles. The number of aliphatic imine (C=N–C) groups is 1. The lowest BCUT2D eigenvalue weighted by atomic mass is 10.0. The van der Waals surface area contributed by atoms with E-state index in [1.54, 1.807) is 6.08 Å². The van der Waals surface area contributed by atoms with Gasteiger partial charge < -0.3 is 4.74 Å². The molecule has 3 nitrogen and oxygen atoms in total. The van der Waals surface area contributed by atoms with E-state index < -0.39 is 0 Å². The lowest BCUT2D eigenvalue weighted by Crippen LogP contribution is -2.06. The second-order valence-corrected chi connectivity index (χ2v) is 5.38. The molecule has 19 heavy (non-hydrogen) atoms. The van der Waals surface area contributed by atoms with Gasteiger partial charge in [0.1, 0.15) is 0 Å². The second-order valence-electron chi connectivity index (χ2n) is 5.38. The molecular formula is C16H19NO2. The van der Waals surface area contributed by atoms with E-state index in [-0.39, 0.29) is 5.97 Å². The Morgan fingerprint density at radius 2 is 2.05 bits per heavy atom. The van der Waals surface area contributed by atoms with Gasteiger partial charge in [-0.2, -0.15) is 0 Å². The Morgan fingerprint density at radius 3 is 2.68 bits per heavy atom. The predicted octanol–water partition coefficient (Wildman–Crippen LogP) is 3.65. The highest BCUT2D eigenvalue weighted by atomic mass is 16.6. The Bertz CT molecular complexity index is 568. The Labute approximate surface area is 114 Å². The van der Waals surface area contributed by atoms with Crippen LogP contribution >= 0.6 is 0 Å². The van der Waals surface area contributed by atoms with Crippen molar-refractivity contribution in [2.45, 2.75) is 34.1 Å². The lowest BCUT2D eigenvalue weighted by molar-refractivity contribution is -0.130. The molecule has 1 heterocycles. The summed E-state index contributed by atoms with van der Waals surface area (Å²) in [5.74, 6) is 0.596. The first-order chi connectivity index (χ1) is 8.95. The summed E-state index contributed by atoms with van der Waals surface area (Å²) in [7, 11) is 0. The van der Waals surface area contributed by atoms with E-state index in [1.165, 1.54) is 5.56 Å². The molecule has 0 radical (unpaired) electrons. The number of hydrogen-bond acceptors (Lipinski definition) is 3. The maximum absolute atomic E-state index is 11.7. The van der Waals surface area contributed by atoms with E-state index in [1.807, 2.05) is 26.0 Å². The van der Waals surface area contributed by atoms with Crippen molar-refractivity contribution in [3.05, 3.63) is 40.6 Å².